The van der Waals surface area contributed by atoms with Crippen LogP contribution in [-0.4, -0.2) is 28.8 Å². The highest BCUT2D eigenvalue weighted by molar-refractivity contribution is 5.73. The number of nitrogens with zero attached hydrogens (tertiary/aromatic N) is 1. The number of carbonyl (C=O) groups is 1. The number of hydrogen-bond donors (Lipinski definition) is 2. The van der Waals surface area contributed by atoms with Crippen LogP contribution in [-0.2, 0) is 11.2 Å². The number of nitrogens with two attached hydrogens (primary N) is 1. The molecule has 0 aliphatic rings. The van der Waals surface area contributed by atoms with Crippen LogP contribution in [0.25, 0.3) is 5.69 Å². The van der Waals surface area contributed by atoms with Crippen LogP contribution in [0.1, 0.15) is 5.69 Å². The van der Waals surface area contributed by atoms with E-state index in [9.17, 15) is 4.79 Å². The minimum atomic E-state index is -0.998. The molecule has 2 aromatic rings. The zero-order valence-electron chi connectivity index (χ0n) is 10.6. The molecule has 2 rings (SSSR count). The van der Waals surface area contributed by atoms with E-state index in [0.29, 0.717) is 0 Å². The minimum Gasteiger partial charge on any atom is -0.497 e. The highest BCUT2D eigenvalue weighted by Gasteiger charge is 2.14. The molecule has 5 heteroatoms. The van der Waals surface area contributed by atoms with E-state index in [1.54, 1.807) is 7.11 Å². The fourth-order valence-corrected chi connectivity index (χ4v) is 1.89. The van der Waals surface area contributed by atoms with E-state index in [1.807, 2.05) is 47.2 Å². The molecule has 100 valence electrons. The number of methoxy groups -OCH3 is 1. The van der Waals surface area contributed by atoms with Crippen LogP contribution in [0.5, 0.6) is 5.75 Å². The fraction of sp³-hybridized carbons (Fsp3) is 0.214. The van der Waals surface area contributed by atoms with Crippen molar-refractivity contribution in [1.82, 2.24) is 4.57 Å². The average molecular weight is 260 g/mol. The molecule has 19 heavy (non-hydrogen) atoms. The lowest BCUT2D eigenvalue weighted by atomic mass is 10.1. The largest absolute Gasteiger partial charge is 0.497 e. The van der Waals surface area contributed by atoms with E-state index in [1.165, 1.54) is 0 Å². The Hall–Kier alpha value is -2.27. The van der Waals surface area contributed by atoms with Gasteiger partial charge in [-0.3, -0.25) is 4.79 Å². The number of aromatic nitrogens is 1. The molecule has 0 saturated heterocycles. The van der Waals surface area contributed by atoms with E-state index in [4.69, 9.17) is 15.6 Å². The summed E-state index contributed by atoms with van der Waals surface area (Å²) in [4.78, 5) is 10.8. The molecule has 0 radical (unpaired) electrons. The van der Waals surface area contributed by atoms with Gasteiger partial charge in [-0.1, -0.05) is 0 Å². The lowest BCUT2D eigenvalue weighted by molar-refractivity contribution is -0.138. The summed E-state index contributed by atoms with van der Waals surface area (Å²) in [6, 6.07) is 10.4. The summed E-state index contributed by atoms with van der Waals surface area (Å²) < 4.78 is 7.02. The number of rotatable bonds is 5. The van der Waals surface area contributed by atoms with Crippen LogP contribution in [0.2, 0.25) is 0 Å². The van der Waals surface area contributed by atoms with Gasteiger partial charge < -0.3 is 20.1 Å². The molecule has 0 amide bonds. The summed E-state index contributed by atoms with van der Waals surface area (Å²) in [7, 11) is 1.61. The Labute approximate surface area is 111 Å². The van der Waals surface area contributed by atoms with Crippen molar-refractivity contribution in [2.45, 2.75) is 12.5 Å². The van der Waals surface area contributed by atoms with Crippen LogP contribution in [0, 0.1) is 0 Å². The average Bonchev–Trinajstić information content (AvgIpc) is 2.87. The van der Waals surface area contributed by atoms with Gasteiger partial charge in [-0.15, -0.1) is 0 Å². The van der Waals surface area contributed by atoms with Crippen LogP contribution >= 0.6 is 0 Å². The topological polar surface area (TPSA) is 77.5 Å². The molecule has 1 heterocycles. The van der Waals surface area contributed by atoms with Crippen molar-refractivity contribution in [2.24, 2.45) is 5.73 Å². The van der Waals surface area contributed by atoms with Crippen molar-refractivity contribution >= 4 is 5.97 Å². The highest BCUT2D eigenvalue weighted by Crippen LogP contribution is 2.18. The van der Waals surface area contributed by atoms with E-state index < -0.39 is 12.0 Å². The maximum Gasteiger partial charge on any atom is 0.320 e. The molecular formula is C14H16N2O3. The van der Waals surface area contributed by atoms with Crippen LogP contribution in [0.15, 0.2) is 42.6 Å². The van der Waals surface area contributed by atoms with E-state index in [2.05, 4.69) is 0 Å². The lowest BCUT2D eigenvalue weighted by Gasteiger charge is -2.12. The van der Waals surface area contributed by atoms with Gasteiger partial charge in [0.15, 0.2) is 0 Å². The summed E-state index contributed by atoms with van der Waals surface area (Å²) in [5.41, 5.74) is 7.37. The first-order chi connectivity index (χ1) is 9.11. The Kier molecular flexibility index (Phi) is 3.87. The number of aliphatic carboxylic acids is 1. The van der Waals surface area contributed by atoms with Gasteiger partial charge in [-0.2, -0.15) is 0 Å². The molecule has 3 N–H and O–H groups in total. The van der Waals surface area contributed by atoms with Crippen molar-refractivity contribution in [3.05, 3.63) is 48.3 Å². The molecule has 1 aromatic carbocycles. The van der Waals surface area contributed by atoms with Gasteiger partial charge >= 0.3 is 5.97 Å². The fourth-order valence-electron chi connectivity index (χ4n) is 1.89. The van der Waals surface area contributed by atoms with Crippen LogP contribution in [0.4, 0.5) is 0 Å². The monoisotopic (exact) mass is 260 g/mol. The normalized spacial score (nSPS) is 12.1. The molecule has 0 bridgehead atoms. The molecular weight excluding hydrogens is 244 g/mol. The predicted octanol–water partition coefficient (Wildman–Crippen LogP) is 1.44. The Balaban J connectivity index is 2.25. The summed E-state index contributed by atoms with van der Waals surface area (Å²) in [6.07, 6.45) is 2.17. The van der Waals surface area contributed by atoms with E-state index in [0.717, 1.165) is 17.1 Å². The summed E-state index contributed by atoms with van der Waals surface area (Å²) in [6.45, 7) is 0. The van der Waals surface area contributed by atoms with Crippen molar-refractivity contribution < 1.29 is 14.6 Å². The second-order valence-corrected chi connectivity index (χ2v) is 4.22. The van der Waals surface area contributed by atoms with Gasteiger partial charge in [-0.05, 0) is 36.4 Å². The minimum absolute atomic E-state index is 0.286. The second kappa shape index (κ2) is 5.58. The van der Waals surface area contributed by atoms with Crippen LogP contribution in [0.3, 0.4) is 0 Å². The smallest absolute Gasteiger partial charge is 0.320 e. The standard InChI is InChI=1S/C14H16N2O3/c1-19-12-6-4-10(5-7-12)16-8-2-3-11(16)9-13(15)14(17)18/h2-8,13H,9,15H2,1H3,(H,17,18). The first-order valence-electron chi connectivity index (χ1n) is 5.91. The Morgan fingerprint density at radius 2 is 2.05 bits per heavy atom. The number of carboxylic acids is 1. The summed E-state index contributed by atoms with van der Waals surface area (Å²) in [5, 5.41) is 8.86. The zero-order chi connectivity index (χ0) is 13.8. The highest BCUT2D eigenvalue weighted by atomic mass is 16.5. The number of benzene rings is 1. The first-order valence-corrected chi connectivity index (χ1v) is 5.91. The Morgan fingerprint density at radius 3 is 2.63 bits per heavy atom. The molecule has 0 spiro atoms. The molecule has 0 aliphatic carbocycles. The van der Waals surface area contributed by atoms with E-state index in [-0.39, 0.29) is 6.42 Å². The molecule has 0 aliphatic heterocycles. The third kappa shape index (κ3) is 2.95. The number of carboxylic acid groups (broad SMARTS) is 1. The maximum absolute atomic E-state index is 10.8. The SMILES string of the molecule is COc1ccc(-n2cccc2CC(N)C(=O)O)cc1. The van der Waals surface area contributed by atoms with Crippen molar-refractivity contribution in [3.8, 4) is 11.4 Å². The van der Waals surface area contributed by atoms with Crippen molar-refractivity contribution in [2.75, 3.05) is 7.11 Å². The maximum atomic E-state index is 10.8. The van der Waals surface area contributed by atoms with E-state index >= 15 is 0 Å². The predicted molar refractivity (Wildman–Crippen MR) is 71.6 cm³/mol. The van der Waals surface area contributed by atoms with Crippen LogP contribution < -0.4 is 10.5 Å². The Morgan fingerprint density at radius 1 is 1.37 bits per heavy atom. The molecule has 0 fully saturated rings. The van der Waals surface area contributed by atoms with Gasteiger partial charge in [0.05, 0.1) is 7.11 Å². The molecule has 1 unspecified atom stereocenters. The van der Waals surface area contributed by atoms with Gasteiger partial charge in [0, 0.05) is 24.0 Å². The molecule has 5 nitrogen and oxygen atoms in total. The number of ether oxygens (including phenoxy) is 1. The lowest BCUT2D eigenvalue weighted by Crippen LogP contribution is -2.32. The Bertz CT molecular complexity index is 560. The van der Waals surface area contributed by atoms with Gasteiger partial charge in [0.25, 0.3) is 0 Å². The van der Waals surface area contributed by atoms with Gasteiger partial charge in [0.2, 0.25) is 0 Å². The third-order valence-corrected chi connectivity index (χ3v) is 2.93. The summed E-state index contributed by atoms with van der Waals surface area (Å²) >= 11 is 0. The quantitative estimate of drug-likeness (QED) is 0.852. The first kappa shape index (κ1) is 13.2. The summed E-state index contributed by atoms with van der Waals surface area (Å²) in [5.74, 6) is -0.220. The van der Waals surface area contributed by atoms with Gasteiger partial charge in [-0.25, -0.2) is 0 Å². The molecule has 1 atom stereocenters. The number of hydrogen-bond acceptors (Lipinski definition) is 3. The second-order valence-electron chi connectivity index (χ2n) is 4.22. The molecule has 1 aromatic heterocycles. The van der Waals surface area contributed by atoms with Gasteiger partial charge in [0.1, 0.15) is 11.8 Å². The zero-order valence-corrected chi connectivity index (χ0v) is 10.6. The van der Waals surface area contributed by atoms with Crippen molar-refractivity contribution in [1.29, 1.82) is 0 Å². The molecule has 0 saturated carbocycles. The van der Waals surface area contributed by atoms with Crippen molar-refractivity contribution in [3.63, 3.8) is 0 Å². The third-order valence-electron chi connectivity index (χ3n) is 2.93.